The molecule has 9 nitrogen and oxygen atoms in total. The van der Waals surface area contributed by atoms with Crippen LogP contribution in [0.1, 0.15) is 11.6 Å². The van der Waals surface area contributed by atoms with Gasteiger partial charge in [0, 0.05) is 21.2 Å². The standard InChI is InChI=1S/C25H21N5O4S/c26-24-28-17-11-10-15(12-18(17)29-24)27-23(32)22(31)21(14-6-2-1-3-7-14)30-25(33)34-19-13-35-20-9-5-4-8-16(19)20/h1-13,21-22,31H,(H,27,32)(H,30,33)(H3,26,28,29). The number of fused-ring (bicyclic) bond motifs is 2. The fraction of sp³-hybridized carbons (Fsp3) is 0.0800. The highest BCUT2D eigenvalue weighted by molar-refractivity contribution is 7.17. The van der Waals surface area contributed by atoms with Crippen LogP contribution in [0.2, 0.25) is 0 Å². The first-order valence-corrected chi connectivity index (χ1v) is 11.6. The molecule has 2 amide bonds. The van der Waals surface area contributed by atoms with Crippen LogP contribution in [-0.4, -0.2) is 33.2 Å². The van der Waals surface area contributed by atoms with Crippen LogP contribution in [0.25, 0.3) is 21.1 Å². The molecule has 0 saturated carbocycles. The minimum atomic E-state index is -1.60. The Labute approximate surface area is 203 Å². The topological polar surface area (TPSA) is 142 Å². The zero-order chi connectivity index (χ0) is 24.4. The Morgan fingerprint density at radius 2 is 1.83 bits per heavy atom. The maximum absolute atomic E-state index is 12.9. The second-order valence-corrected chi connectivity index (χ2v) is 8.72. The molecule has 2 atom stereocenters. The number of aromatic nitrogens is 2. The number of aliphatic hydroxyl groups is 1. The average Bonchev–Trinajstić information content (AvgIpc) is 3.44. The Kier molecular flexibility index (Phi) is 6.04. The van der Waals surface area contributed by atoms with Gasteiger partial charge in [-0.3, -0.25) is 4.79 Å². The number of imidazole rings is 1. The number of nitrogens with zero attached hydrogens (tertiary/aromatic N) is 1. The van der Waals surface area contributed by atoms with Crippen LogP contribution < -0.4 is 21.1 Å². The summed E-state index contributed by atoms with van der Waals surface area (Å²) in [7, 11) is 0. The van der Waals surface area contributed by atoms with Gasteiger partial charge in [-0.15, -0.1) is 11.3 Å². The van der Waals surface area contributed by atoms with Crippen molar-refractivity contribution in [2.75, 3.05) is 11.1 Å². The number of nitrogen functional groups attached to an aromatic ring is 1. The lowest BCUT2D eigenvalue weighted by molar-refractivity contribution is -0.125. The van der Waals surface area contributed by atoms with E-state index in [1.54, 1.807) is 53.9 Å². The first kappa shape index (κ1) is 22.4. The van der Waals surface area contributed by atoms with Gasteiger partial charge in [-0.2, -0.15) is 0 Å². The molecule has 0 bridgehead atoms. The number of rotatable bonds is 6. The summed E-state index contributed by atoms with van der Waals surface area (Å²) in [4.78, 5) is 32.7. The third kappa shape index (κ3) is 4.79. The molecule has 5 rings (SSSR count). The number of nitrogens with one attached hydrogen (secondary N) is 3. The van der Waals surface area contributed by atoms with Crippen LogP contribution in [0.15, 0.2) is 78.2 Å². The molecule has 0 saturated heterocycles. The molecule has 0 aliphatic heterocycles. The molecule has 0 aliphatic rings. The number of benzene rings is 3. The molecule has 0 spiro atoms. The van der Waals surface area contributed by atoms with Gasteiger partial charge in [-0.25, -0.2) is 9.78 Å². The number of carbonyl (C=O) groups is 2. The number of ether oxygens (including phenoxy) is 1. The lowest BCUT2D eigenvalue weighted by Crippen LogP contribution is -2.43. The maximum Gasteiger partial charge on any atom is 0.413 e. The van der Waals surface area contributed by atoms with Crippen LogP contribution >= 0.6 is 11.3 Å². The Hall–Kier alpha value is -4.41. The van der Waals surface area contributed by atoms with Crippen LogP contribution in [-0.2, 0) is 4.79 Å². The van der Waals surface area contributed by atoms with Gasteiger partial charge < -0.3 is 31.2 Å². The predicted octanol–water partition coefficient (Wildman–Crippen LogP) is 4.19. The van der Waals surface area contributed by atoms with Crippen LogP contribution in [0, 0.1) is 0 Å². The summed E-state index contributed by atoms with van der Waals surface area (Å²) >= 11 is 1.45. The van der Waals surface area contributed by atoms with Gasteiger partial charge in [0.05, 0.1) is 17.1 Å². The molecule has 5 aromatic rings. The number of nitrogens with two attached hydrogens (primary N) is 1. The summed E-state index contributed by atoms with van der Waals surface area (Å²) in [6.07, 6.45) is -2.39. The van der Waals surface area contributed by atoms with E-state index in [1.807, 2.05) is 24.3 Å². The van der Waals surface area contributed by atoms with E-state index in [1.165, 1.54) is 11.3 Å². The monoisotopic (exact) mass is 487 g/mol. The van der Waals surface area contributed by atoms with Crippen LogP contribution in [0.4, 0.5) is 16.4 Å². The minimum Gasteiger partial charge on any atom is -0.409 e. The molecule has 0 aliphatic carbocycles. The Morgan fingerprint density at radius 1 is 1.06 bits per heavy atom. The highest BCUT2D eigenvalue weighted by Crippen LogP contribution is 2.32. The fourth-order valence-corrected chi connectivity index (χ4v) is 4.63. The number of amides is 2. The van der Waals surface area contributed by atoms with E-state index in [9.17, 15) is 14.7 Å². The van der Waals surface area contributed by atoms with Crippen molar-refractivity contribution in [3.05, 3.63) is 83.7 Å². The van der Waals surface area contributed by atoms with Gasteiger partial charge in [0.15, 0.2) is 17.8 Å². The van der Waals surface area contributed by atoms with Gasteiger partial charge in [-0.05, 0) is 35.9 Å². The molecule has 6 N–H and O–H groups in total. The molecule has 176 valence electrons. The van der Waals surface area contributed by atoms with E-state index in [-0.39, 0.29) is 5.95 Å². The van der Waals surface area contributed by atoms with Crippen molar-refractivity contribution in [2.24, 2.45) is 0 Å². The molecular weight excluding hydrogens is 466 g/mol. The highest BCUT2D eigenvalue weighted by atomic mass is 32.1. The minimum absolute atomic E-state index is 0.258. The SMILES string of the molecule is Nc1nc2ccc(NC(=O)C(O)C(NC(=O)Oc3csc4ccccc34)c3ccccc3)cc2[nH]1. The number of carbonyl (C=O) groups excluding carboxylic acids is 2. The Morgan fingerprint density at radius 3 is 2.66 bits per heavy atom. The molecular formula is C25H21N5O4S. The molecule has 35 heavy (non-hydrogen) atoms. The third-order valence-corrected chi connectivity index (χ3v) is 6.37. The number of H-pyrrole nitrogens is 1. The van der Waals surface area contributed by atoms with Crippen molar-refractivity contribution < 1.29 is 19.4 Å². The lowest BCUT2D eigenvalue weighted by atomic mass is 10.0. The number of hydrogen-bond acceptors (Lipinski definition) is 7. The molecule has 2 heterocycles. The van der Waals surface area contributed by atoms with Gasteiger partial charge in [0.25, 0.3) is 5.91 Å². The largest absolute Gasteiger partial charge is 0.413 e. The van der Waals surface area contributed by atoms with Crippen molar-refractivity contribution in [1.29, 1.82) is 0 Å². The van der Waals surface area contributed by atoms with Crippen molar-refractivity contribution in [3.8, 4) is 5.75 Å². The summed E-state index contributed by atoms with van der Waals surface area (Å²) in [6.45, 7) is 0. The number of thiophene rings is 1. The first-order chi connectivity index (χ1) is 17.0. The molecule has 2 aromatic heterocycles. The van der Waals surface area contributed by atoms with Crippen molar-refractivity contribution in [3.63, 3.8) is 0 Å². The molecule has 10 heteroatoms. The number of anilines is 2. The third-order valence-electron chi connectivity index (χ3n) is 5.43. The van der Waals surface area contributed by atoms with Crippen LogP contribution in [0.5, 0.6) is 5.75 Å². The number of aromatic amines is 1. The van der Waals surface area contributed by atoms with E-state index < -0.39 is 24.1 Å². The van der Waals surface area contributed by atoms with E-state index in [2.05, 4.69) is 20.6 Å². The van der Waals surface area contributed by atoms with Crippen molar-refractivity contribution >= 4 is 56.1 Å². The maximum atomic E-state index is 12.9. The zero-order valence-electron chi connectivity index (χ0n) is 18.3. The van der Waals surface area contributed by atoms with E-state index in [4.69, 9.17) is 10.5 Å². The van der Waals surface area contributed by atoms with E-state index in [0.717, 1.165) is 10.1 Å². The van der Waals surface area contributed by atoms with Crippen LogP contribution in [0.3, 0.4) is 0 Å². The molecule has 3 aromatic carbocycles. The van der Waals surface area contributed by atoms with Gasteiger partial charge >= 0.3 is 6.09 Å². The predicted molar refractivity (Wildman–Crippen MR) is 135 cm³/mol. The molecule has 2 unspecified atom stereocenters. The summed E-state index contributed by atoms with van der Waals surface area (Å²) in [5, 5.41) is 18.8. The molecule has 0 radical (unpaired) electrons. The average molecular weight is 488 g/mol. The number of hydrogen-bond donors (Lipinski definition) is 5. The van der Waals surface area contributed by atoms with Crippen molar-refractivity contribution in [1.82, 2.24) is 15.3 Å². The highest BCUT2D eigenvalue weighted by Gasteiger charge is 2.30. The fourth-order valence-electron chi connectivity index (χ4n) is 3.77. The smallest absolute Gasteiger partial charge is 0.409 e. The number of aliphatic hydroxyl groups excluding tert-OH is 1. The van der Waals surface area contributed by atoms with Gasteiger partial charge in [-0.1, -0.05) is 42.5 Å². The normalized spacial score (nSPS) is 12.8. The van der Waals surface area contributed by atoms with E-state index >= 15 is 0 Å². The van der Waals surface area contributed by atoms with E-state index in [0.29, 0.717) is 28.0 Å². The quantitative estimate of drug-likeness (QED) is 0.243. The first-order valence-electron chi connectivity index (χ1n) is 10.7. The summed E-state index contributed by atoms with van der Waals surface area (Å²) in [6, 6.07) is 20.2. The zero-order valence-corrected chi connectivity index (χ0v) is 19.1. The lowest BCUT2D eigenvalue weighted by Gasteiger charge is -2.23. The summed E-state index contributed by atoms with van der Waals surface area (Å²) in [5.41, 5.74) is 7.93. The summed E-state index contributed by atoms with van der Waals surface area (Å²) < 4.78 is 6.49. The molecule has 0 fully saturated rings. The Bertz CT molecular complexity index is 1510. The van der Waals surface area contributed by atoms with Gasteiger partial charge in [0.1, 0.15) is 0 Å². The Balaban J connectivity index is 1.34. The second kappa shape index (κ2) is 9.45. The second-order valence-electron chi connectivity index (χ2n) is 7.81. The summed E-state index contributed by atoms with van der Waals surface area (Å²) in [5.74, 6) is -0.0401. The van der Waals surface area contributed by atoms with Gasteiger partial charge in [0.2, 0.25) is 0 Å². The van der Waals surface area contributed by atoms with Crippen molar-refractivity contribution in [2.45, 2.75) is 12.1 Å².